The lowest BCUT2D eigenvalue weighted by Crippen LogP contribution is -2.60. The van der Waals surface area contributed by atoms with E-state index in [1.807, 2.05) is 13.8 Å². The first kappa shape index (κ1) is 26.7. The minimum absolute atomic E-state index is 0.0839. The van der Waals surface area contributed by atoms with Crippen LogP contribution in [0, 0.1) is 23.2 Å². The monoisotopic (exact) mass is 560 g/mol. The molecule has 0 aromatic rings. The van der Waals surface area contributed by atoms with Crippen LogP contribution in [0.25, 0.3) is 0 Å². The Morgan fingerprint density at radius 2 is 1.85 bits per heavy atom. The highest BCUT2D eigenvalue weighted by molar-refractivity contribution is 5.93. The molecule has 2 spiro atoms. The van der Waals surface area contributed by atoms with Crippen molar-refractivity contribution in [3.8, 4) is 0 Å². The Hall–Kier alpha value is -2.15. The summed E-state index contributed by atoms with van der Waals surface area (Å²) >= 11 is 0. The van der Waals surface area contributed by atoms with E-state index in [2.05, 4.69) is 0 Å². The third kappa shape index (κ3) is 3.08. The zero-order chi connectivity index (χ0) is 28.8. The molecule has 40 heavy (non-hydrogen) atoms. The minimum Gasteiger partial charge on any atom is -0.454 e. The molecular formula is C29H36O11. The Morgan fingerprint density at radius 3 is 2.52 bits per heavy atom. The van der Waals surface area contributed by atoms with Gasteiger partial charge in [0, 0.05) is 29.7 Å². The average molecular weight is 561 g/mol. The highest BCUT2D eigenvalue weighted by Gasteiger charge is 2.85. The number of carbonyl (C=O) groups is 3. The van der Waals surface area contributed by atoms with Gasteiger partial charge >= 0.3 is 11.9 Å². The lowest BCUT2D eigenvalue weighted by atomic mass is 9.63. The predicted molar refractivity (Wildman–Crippen MR) is 133 cm³/mol. The highest BCUT2D eigenvalue weighted by atomic mass is 16.8. The molecule has 3 N–H and O–H groups in total. The fourth-order valence-electron chi connectivity index (χ4n) is 9.33. The van der Waals surface area contributed by atoms with Crippen LogP contribution in [0.1, 0.15) is 66.7 Å². The number of allylic oxidation sites excluding steroid dienone is 2. The summed E-state index contributed by atoms with van der Waals surface area (Å²) in [7, 11) is 0. The summed E-state index contributed by atoms with van der Waals surface area (Å²) < 4.78 is 30.2. The number of cyclic esters (lactones) is 1. The van der Waals surface area contributed by atoms with Crippen LogP contribution in [0.5, 0.6) is 0 Å². The van der Waals surface area contributed by atoms with Gasteiger partial charge in [-0.1, -0.05) is 13.8 Å². The molecule has 218 valence electrons. The van der Waals surface area contributed by atoms with E-state index >= 15 is 0 Å². The lowest BCUT2D eigenvalue weighted by molar-refractivity contribution is -0.361. The van der Waals surface area contributed by atoms with Crippen LogP contribution >= 0.6 is 0 Å². The summed E-state index contributed by atoms with van der Waals surface area (Å²) in [6.07, 6.45) is 0.861. The van der Waals surface area contributed by atoms with E-state index in [4.69, 9.17) is 23.7 Å². The van der Waals surface area contributed by atoms with E-state index in [0.29, 0.717) is 24.2 Å². The van der Waals surface area contributed by atoms with Gasteiger partial charge in [-0.05, 0) is 52.2 Å². The summed E-state index contributed by atoms with van der Waals surface area (Å²) in [5, 5.41) is 34.9. The lowest BCUT2D eigenvalue weighted by Gasteiger charge is -2.45. The van der Waals surface area contributed by atoms with Crippen LogP contribution < -0.4 is 0 Å². The van der Waals surface area contributed by atoms with Crippen LogP contribution in [0.15, 0.2) is 23.5 Å². The van der Waals surface area contributed by atoms with Crippen molar-refractivity contribution in [3.63, 3.8) is 0 Å². The number of hydrogen-bond acceptors (Lipinski definition) is 11. The van der Waals surface area contributed by atoms with Crippen LogP contribution in [0.2, 0.25) is 0 Å². The Morgan fingerprint density at radius 1 is 1.12 bits per heavy atom. The molecule has 5 saturated heterocycles. The molecule has 0 aromatic heterocycles. The molecule has 1 saturated carbocycles. The number of aliphatic hydroxyl groups is 3. The maximum absolute atomic E-state index is 13.9. The normalized spacial score (nSPS) is 53.4. The van der Waals surface area contributed by atoms with Gasteiger partial charge in [0.25, 0.3) is 0 Å². The Balaban J connectivity index is 1.27. The molecule has 7 aliphatic rings. The maximum Gasteiger partial charge on any atom is 0.339 e. The quantitative estimate of drug-likeness (QED) is 0.426. The zero-order valence-electron chi connectivity index (χ0n) is 23.3. The molecule has 11 heteroatoms. The van der Waals surface area contributed by atoms with Gasteiger partial charge in [-0.25, -0.2) is 9.59 Å². The van der Waals surface area contributed by atoms with Gasteiger partial charge < -0.3 is 39.0 Å². The van der Waals surface area contributed by atoms with Crippen molar-refractivity contribution in [1.82, 2.24) is 0 Å². The van der Waals surface area contributed by atoms with Gasteiger partial charge in [0.05, 0.1) is 29.1 Å². The second-order valence-electron chi connectivity index (χ2n) is 13.9. The second-order valence-corrected chi connectivity index (χ2v) is 13.9. The number of aliphatic hydroxyl groups excluding tert-OH is 1. The van der Waals surface area contributed by atoms with E-state index in [1.165, 1.54) is 0 Å². The van der Waals surface area contributed by atoms with Crippen molar-refractivity contribution < 1.29 is 53.4 Å². The minimum atomic E-state index is -2.21. The number of carbonyl (C=O) groups excluding carboxylic acids is 3. The first-order valence-electron chi connectivity index (χ1n) is 14.1. The van der Waals surface area contributed by atoms with Gasteiger partial charge in [-0.15, -0.1) is 0 Å². The van der Waals surface area contributed by atoms with Crippen molar-refractivity contribution in [2.24, 2.45) is 23.2 Å². The van der Waals surface area contributed by atoms with E-state index in [-0.39, 0.29) is 25.0 Å². The molecule has 11 nitrogen and oxygen atoms in total. The molecule has 0 aromatic carbocycles. The Kier molecular flexibility index (Phi) is 5.09. The largest absolute Gasteiger partial charge is 0.454 e. The fourth-order valence-corrected chi connectivity index (χ4v) is 9.33. The first-order chi connectivity index (χ1) is 18.5. The van der Waals surface area contributed by atoms with E-state index in [0.717, 1.165) is 0 Å². The summed E-state index contributed by atoms with van der Waals surface area (Å²) in [6, 6.07) is 0. The average Bonchev–Trinajstić information content (AvgIpc) is 3.48. The van der Waals surface area contributed by atoms with Crippen molar-refractivity contribution in [2.45, 2.75) is 113 Å². The molecule has 11 atom stereocenters. The second kappa shape index (κ2) is 7.62. The molecule has 0 amide bonds. The molecule has 1 aliphatic carbocycles. The van der Waals surface area contributed by atoms with E-state index < -0.39 is 81.8 Å². The fraction of sp³-hybridized carbons (Fsp3) is 0.759. The molecule has 6 heterocycles. The number of rotatable bonds is 3. The predicted octanol–water partition coefficient (Wildman–Crippen LogP) is 1.17. The van der Waals surface area contributed by atoms with Gasteiger partial charge in [-0.2, -0.15) is 0 Å². The molecule has 4 bridgehead atoms. The Labute approximate surface area is 231 Å². The number of esters is 2. The van der Waals surface area contributed by atoms with Gasteiger partial charge in [0.1, 0.15) is 17.6 Å². The number of fused-ring (bicyclic) bond motifs is 4. The summed E-state index contributed by atoms with van der Waals surface area (Å²) in [5.74, 6) is -7.30. The standard InChI is InChI=1S/C29H36O11/c1-13(8-15-9-14(2)22(32)36-15)20(31)25(5)6-7-26-12-27-19(24(3,4)38-21(27)18(30)23(33)39-27)16-10-17(26)29(35,37-16)28(34,11-25)40-26/h8-9,13,16-19,21,30,34-35H,6-7,10-12H2,1-5H3. The summed E-state index contributed by atoms with van der Waals surface area (Å²) in [4.78, 5) is 38.4. The molecule has 6 fully saturated rings. The van der Waals surface area contributed by atoms with Crippen molar-refractivity contribution in [1.29, 1.82) is 0 Å². The summed E-state index contributed by atoms with van der Waals surface area (Å²) in [5.41, 5.74) is -4.05. The van der Waals surface area contributed by atoms with E-state index in [1.54, 1.807) is 32.9 Å². The highest BCUT2D eigenvalue weighted by Crippen LogP contribution is 2.71. The van der Waals surface area contributed by atoms with Crippen LogP contribution in [-0.2, 0) is 38.1 Å². The number of Topliss-reactive ketones (excluding diaryl/α,β-unsaturated/α-hetero) is 1. The van der Waals surface area contributed by atoms with Crippen LogP contribution in [0.4, 0.5) is 0 Å². The third-order valence-corrected chi connectivity index (χ3v) is 10.8. The molecular weight excluding hydrogens is 524 g/mol. The van der Waals surface area contributed by atoms with Crippen LogP contribution in [-0.4, -0.2) is 79.7 Å². The molecule has 6 aliphatic heterocycles. The van der Waals surface area contributed by atoms with Gasteiger partial charge in [-0.3, -0.25) is 4.79 Å². The van der Waals surface area contributed by atoms with Gasteiger partial charge in [0.15, 0.2) is 11.7 Å². The van der Waals surface area contributed by atoms with Gasteiger partial charge in [0.2, 0.25) is 11.6 Å². The number of ether oxygens (including phenoxy) is 5. The molecule has 11 unspecified atom stereocenters. The van der Waals surface area contributed by atoms with E-state index in [9.17, 15) is 29.7 Å². The summed E-state index contributed by atoms with van der Waals surface area (Å²) in [6.45, 7) is 8.77. The molecule has 7 rings (SSSR count). The molecule has 0 radical (unpaired) electrons. The maximum atomic E-state index is 13.9. The van der Waals surface area contributed by atoms with Crippen molar-refractivity contribution >= 4 is 17.7 Å². The topological polar surface area (TPSA) is 158 Å². The third-order valence-electron chi connectivity index (χ3n) is 10.8. The van der Waals surface area contributed by atoms with Crippen molar-refractivity contribution in [3.05, 3.63) is 23.5 Å². The van der Waals surface area contributed by atoms with Crippen LogP contribution in [0.3, 0.4) is 0 Å². The Bertz CT molecular complexity index is 1300. The number of ketones is 1. The van der Waals surface area contributed by atoms with Crippen molar-refractivity contribution in [2.75, 3.05) is 0 Å². The first-order valence-corrected chi connectivity index (χ1v) is 14.1. The smallest absolute Gasteiger partial charge is 0.339 e. The number of hydrogen-bond donors (Lipinski definition) is 3. The zero-order valence-corrected chi connectivity index (χ0v) is 23.3. The SMILES string of the molecule is CC1=CC(=CC(C)C(=O)C2(C)CCC34CC56OC(=O)C(O)C5OC(C)(C)C6C5CC3C(O)(O5)C(O)(C2)O4)OC1=O.